The van der Waals surface area contributed by atoms with Crippen molar-refractivity contribution >= 4 is 33.2 Å². The van der Waals surface area contributed by atoms with Gasteiger partial charge in [-0.25, -0.2) is 18.5 Å². The molecule has 0 aliphatic heterocycles. The lowest BCUT2D eigenvalue weighted by Crippen LogP contribution is -2.13. The Labute approximate surface area is 195 Å². The summed E-state index contributed by atoms with van der Waals surface area (Å²) in [6.45, 7) is 0. The first kappa shape index (κ1) is 24.5. The average Bonchev–Trinajstić information content (AvgIpc) is 3.18. The number of aromatic amines is 1. The van der Waals surface area contributed by atoms with Gasteiger partial charge in [-0.3, -0.25) is 0 Å². The molecule has 0 aliphatic rings. The van der Waals surface area contributed by atoms with Crippen LogP contribution in [0, 0.1) is 0 Å². The molecular weight excluding hydrogens is 496 g/mol. The van der Waals surface area contributed by atoms with Gasteiger partial charge in [0.1, 0.15) is 5.82 Å². The van der Waals surface area contributed by atoms with Crippen LogP contribution in [0.3, 0.4) is 0 Å². The third kappa shape index (κ3) is 5.38. The molecule has 0 aliphatic carbocycles. The van der Waals surface area contributed by atoms with Crippen LogP contribution < -0.4 is 5.14 Å². The Bertz CT molecular complexity index is 1520. The summed E-state index contributed by atoms with van der Waals surface area (Å²) in [5.41, 5.74) is -1.40. The summed E-state index contributed by atoms with van der Waals surface area (Å²) in [5.74, 6) is 0.169. The van der Waals surface area contributed by atoms with E-state index >= 15 is 0 Å². The second kappa shape index (κ2) is 8.54. The van der Waals surface area contributed by atoms with Crippen LogP contribution in [0.1, 0.15) is 22.5 Å². The minimum Gasteiger partial charge on any atom is -0.338 e. The number of nitrogens with two attached hydrogens (primary N) is 1. The first-order chi connectivity index (χ1) is 16.2. The molecule has 0 radical (unpaired) electrons. The van der Waals surface area contributed by atoms with E-state index in [0.717, 1.165) is 6.08 Å². The van der Waals surface area contributed by atoms with E-state index in [1.165, 1.54) is 18.2 Å². The molecule has 0 saturated heterocycles. The minimum absolute atomic E-state index is 0.0550. The minimum atomic E-state index is -4.95. The highest BCUT2D eigenvalue weighted by molar-refractivity contribution is 7.89. The molecular formula is C23H15F6N3O2S. The fraction of sp³-hybridized carbons (Fsp3) is 0.0870. The Morgan fingerprint density at radius 3 is 2.06 bits per heavy atom. The van der Waals surface area contributed by atoms with E-state index in [1.807, 2.05) is 0 Å². The third-order valence-electron chi connectivity index (χ3n) is 5.05. The van der Waals surface area contributed by atoms with Gasteiger partial charge in [0.15, 0.2) is 0 Å². The zero-order chi connectivity index (χ0) is 25.6. The highest BCUT2D eigenvalue weighted by Crippen LogP contribution is 2.36. The molecule has 1 heterocycles. The molecule has 0 amide bonds. The van der Waals surface area contributed by atoms with Crippen LogP contribution in [0.4, 0.5) is 26.3 Å². The number of nitrogens with one attached hydrogen (secondary N) is 1. The predicted octanol–water partition coefficient (Wildman–Crippen LogP) is 6.09. The molecule has 1 aromatic heterocycles. The molecule has 4 aromatic rings. The molecule has 0 bridgehead atoms. The van der Waals surface area contributed by atoms with Crippen molar-refractivity contribution in [3.05, 3.63) is 83.2 Å². The summed E-state index contributed by atoms with van der Waals surface area (Å²) in [7, 11) is -4.00. The van der Waals surface area contributed by atoms with Gasteiger partial charge in [0.25, 0.3) is 0 Å². The Kier molecular flexibility index (Phi) is 5.97. The molecule has 182 valence electrons. The standard InChI is InChI=1S/C23H15F6N3O2S/c24-22(25,26)15-9-13(10-16(12-15)23(27,28)29)5-8-21-31-18-7-6-14(11-19(18)32-21)17-3-1-2-4-20(17)35(30,33)34/h1-12H,(H,31,32)(H2,30,33,34). The van der Waals surface area contributed by atoms with Gasteiger partial charge in [0.05, 0.1) is 27.1 Å². The van der Waals surface area contributed by atoms with Gasteiger partial charge < -0.3 is 4.98 Å². The molecule has 0 atom stereocenters. The number of fused-ring (bicyclic) bond motifs is 1. The van der Waals surface area contributed by atoms with Gasteiger partial charge in [-0.2, -0.15) is 26.3 Å². The zero-order valence-corrected chi connectivity index (χ0v) is 18.3. The molecule has 0 spiro atoms. The van der Waals surface area contributed by atoms with Crippen LogP contribution >= 0.6 is 0 Å². The Morgan fingerprint density at radius 1 is 0.829 bits per heavy atom. The van der Waals surface area contributed by atoms with Gasteiger partial charge in [-0.05, 0) is 53.6 Å². The van der Waals surface area contributed by atoms with Crippen LogP contribution in [0.15, 0.2) is 65.6 Å². The van der Waals surface area contributed by atoms with Crippen molar-refractivity contribution in [3.63, 3.8) is 0 Å². The lowest BCUT2D eigenvalue weighted by atomic mass is 10.0. The highest BCUT2D eigenvalue weighted by atomic mass is 32.2. The van der Waals surface area contributed by atoms with Gasteiger partial charge in [0.2, 0.25) is 10.0 Å². The van der Waals surface area contributed by atoms with Crippen molar-refractivity contribution in [2.75, 3.05) is 0 Å². The number of halogens is 6. The second-order valence-corrected chi connectivity index (χ2v) is 9.10. The number of nitrogens with zero attached hydrogens (tertiary/aromatic N) is 1. The number of benzene rings is 3. The van der Waals surface area contributed by atoms with E-state index in [2.05, 4.69) is 9.97 Å². The van der Waals surface area contributed by atoms with Gasteiger partial charge in [-0.1, -0.05) is 30.3 Å². The predicted molar refractivity (Wildman–Crippen MR) is 118 cm³/mol. The molecule has 5 nitrogen and oxygen atoms in total. The highest BCUT2D eigenvalue weighted by Gasteiger charge is 2.36. The first-order valence-electron chi connectivity index (χ1n) is 9.81. The zero-order valence-electron chi connectivity index (χ0n) is 17.4. The third-order valence-corrected chi connectivity index (χ3v) is 6.02. The molecule has 3 aromatic carbocycles. The van der Waals surface area contributed by atoms with Gasteiger partial charge >= 0.3 is 12.4 Å². The van der Waals surface area contributed by atoms with Crippen molar-refractivity contribution in [1.29, 1.82) is 0 Å². The van der Waals surface area contributed by atoms with E-state index < -0.39 is 33.5 Å². The molecule has 35 heavy (non-hydrogen) atoms. The number of hydrogen-bond donors (Lipinski definition) is 2. The topological polar surface area (TPSA) is 88.8 Å². The maximum Gasteiger partial charge on any atom is 0.416 e. The van der Waals surface area contributed by atoms with Crippen LogP contribution in [-0.2, 0) is 22.4 Å². The van der Waals surface area contributed by atoms with E-state index in [4.69, 9.17) is 5.14 Å². The SMILES string of the molecule is NS(=O)(=O)c1ccccc1-c1ccc2[nH]c(C=Cc3cc(C(F)(F)F)cc(C(F)(F)F)c3)nc2c1. The fourth-order valence-electron chi connectivity index (χ4n) is 3.48. The van der Waals surface area contributed by atoms with E-state index in [0.29, 0.717) is 34.3 Å². The van der Waals surface area contributed by atoms with Crippen molar-refractivity contribution in [1.82, 2.24) is 9.97 Å². The number of aromatic nitrogens is 2. The summed E-state index contributed by atoms with van der Waals surface area (Å²) in [4.78, 5) is 7.09. The maximum atomic E-state index is 13.1. The Hall–Kier alpha value is -3.64. The largest absolute Gasteiger partial charge is 0.416 e. The molecule has 0 fully saturated rings. The summed E-state index contributed by atoms with van der Waals surface area (Å²) >= 11 is 0. The number of imidazole rings is 1. The van der Waals surface area contributed by atoms with Gasteiger partial charge in [-0.15, -0.1) is 0 Å². The first-order valence-corrected chi connectivity index (χ1v) is 11.4. The van der Waals surface area contributed by atoms with Gasteiger partial charge in [0, 0.05) is 5.56 Å². The summed E-state index contributed by atoms with van der Waals surface area (Å²) in [6, 6.07) is 12.2. The normalized spacial score (nSPS) is 13.1. The van der Waals surface area contributed by atoms with E-state index in [9.17, 15) is 34.8 Å². The van der Waals surface area contributed by atoms with Crippen molar-refractivity contribution in [2.45, 2.75) is 17.2 Å². The number of hydrogen-bond acceptors (Lipinski definition) is 3. The summed E-state index contributed by atoms with van der Waals surface area (Å²) in [6.07, 6.45) is -7.58. The van der Waals surface area contributed by atoms with Crippen molar-refractivity contribution in [2.24, 2.45) is 5.14 Å². The van der Waals surface area contributed by atoms with Crippen LogP contribution in [0.25, 0.3) is 34.3 Å². The van der Waals surface area contributed by atoms with E-state index in [1.54, 1.807) is 30.3 Å². The molecule has 3 N–H and O–H groups in total. The summed E-state index contributed by atoms with van der Waals surface area (Å²) in [5, 5.41) is 5.28. The number of rotatable bonds is 4. The average molecular weight is 511 g/mol. The smallest absolute Gasteiger partial charge is 0.338 e. The van der Waals surface area contributed by atoms with E-state index in [-0.39, 0.29) is 22.3 Å². The monoisotopic (exact) mass is 511 g/mol. The number of H-pyrrole nitrogens is 1. The molecule has 0 unspecified atom stereocenters. The quantitative estimate of drug-likeness (QED) is 0.325. The number of sulfonamides is 1. The Morgan fingerprint density at radius 2 is 1.46 bits per heavy atom. The molecule has 0 saturated carbocycles. The van der Waals surface area contributed by atoms with Crippen molar-refractivity contribution < 1.29 is 34.8 Å². The molecule has 12 heteroatoms. The molecule has 4 rings (SSSR count). The Balaban J connectivity index is 1.71. The van der Waals surface area contributed by atoms with Crippen LogP contribution in [0.5, 0.6) is 0 Å². The second-order valence-electron chi connectivity index (χ2n) is 7.57. The number of alkyl halides is 6. The maximum absolute atomic E-state index is 13.1. The lowest BCUT2D eigenvalue weighted by molar-refractivity contribution is -0.143. The van der Waals surface area contributed by atoms with Crippen molar-refractivity contribution in [3.8, 4) is 11.1 Å². The summed E-state index contributed by atoms with van der Waals surface area (Å²) < 4.78 is 102. The number of primary sulfonamides is 1. The lowest BCUT2D eigenvalue weighted by Gasteiger charge is -2.12. The van der Waals surface area contributed by atoms with Crippen LogP contribution in [-0.4, -0.2) is 18.4 Å². The fourth-order valence-corrected chi connectivity index (χ4v) is 4.24. The van der Waals surface area contributed by atoms with Crippen LogP contribution in [0.2, 0.25) is 0 Å².